The number of carbonyl (C=O) groups excluding carboxylic acids is 3. The zero-order valence-electron chi connectivity index (χ0n) is 26.8. The van der Waals surface area contributed by atoms with Gasteiger partial charge in [-0.3, -0.25) is 14.4 Å². The van der Waals surface area contributed by atoms with Gasteiger partial charge in [-0.25, -0.2) is 8.42 Å². The van der Waals surface area contributed by atoms with Crippen LogP contribution in [0.5, 0.6) is 5.75 Å². The number of fused-ring (bicyclic) bond motifs is 1. The lowest BCUT2D eigenvalue weighted by molar-refractivity contribution is -0.116. The molecule has 0 aliphatic carbocycles. The largest absolute Gasteiger partial charge is 0.488 e. The molecule has 254 valence electrons. The minimum absolute atomic E-state index is 0.0385. The Kier molecular flexibility index (Phi) is 12.4. The summed E-state index contributed by atoms with van der Waals surface area (Å²) in [6.07, 6.45) is 1.78. The Labute approximate surface area is 279 Å². The van der Waals surface area contributed by atoms with E-state index in [9.17, 15) is 27.9 Å². The molecule has 0 saturated heterocycles. The van der Waals surface area contributed by atoms with Crippen LogP contribution < -0.4 is 21.1 Å². The van der Waals surface area contributed by atoms with Crippen molar-refractivity contribution >= 4 is 56.1 Å². The average molecular weight is 686 g/mol. The number of para-hydroxylation sites is 2. The number of benzene rings is 2. The standard InChI is InChI=1S/C33H43N5O7S2/c1-22-19-38(23(2)21-39)33(42)25-18-24(15-16-28(25)45-29(22)20-37(3)47(43,44)32-14-9-17-46-32)35-30(40)12-5-4-6-13-31(41)36-27-11-8-7-10-26(27)34/h7-11,14-18,22-23,29,39H,4-6,12-13,19-21,34H2,1-3H3,(H,35,40)(H,36,41)/t22-,23-,29+/m0/s1. The molecule has 3 amide bonds. The molecule has 0 unspecified atom stereocenters. The van der Waals surface area contributed by atoms with Crippen LogP contribution in [-0.4, -0.2) is 79.3 Å². The Bertz CT molecular complexity index is 1650. The summed E-state index contributed by atoms with van der Waals surface area (Å²) in [5, 5.41) is 17.3. The third kappa shape index (κ3) is 9.31. The number of nitrogens with one attached hydrogen (secondary N) is 2. The lowest BCUT2D eigenvalue weighted by atomic mass is 9.99. The van der Waals surface area contributed by atoms with Crippen LogP contribution in [0.4, 0.5) is 17.1 Å². The van der Waals surface area contributed by atoms with Crippen molar-refractivity contribution in [1.29, 1.82) is 0 Å². The van der Waals surface area contributed by atoms with Crippen LogP contribution >= 0.6 is 11.3 Å². The molecule has 3 aromatic rings. The average Bonchev–Trinajstić information content (AvgIpc) is 3.60. The van der Waals surface area contributed by atoms with Gasteiger partial charge in [0.1, 0.15) is 16.1 Å². The summed E-state index contributed by atoms with van der Waals surface area (Å²) in [6.45, 7) is 3.62. The molecule has 2 aromatic carbocycles. The molecule has 3 atom stereocenters. The van der Waals surface area contributed by atoms with Gasteiger partial charge in [0.05, 0.1) is 36.1 Å². The van der Waals surface area contributed by atoms with Gasteiger partial charge in [0, 0.05) is 38.0 Å². The first-order valence-corrected chi connectivity index (χ1v) is 17.9. The third-order valence-electron chi connectivity index (χ3n) is 8.09. The molecule has 1 aliphatic rings. The maximum Gasteiger partial charge on any atom is 0.258 e. The number of nitrogens with two attached hydrogens (primary N) is 1. The van der Waals surface area contributed by atoms with E-state index in [1.807, 2.05) is 6.92 Å². The van der Waals surface area contributed by atoms with Gasteiger partial charge in [-0.2, -0.15) is 4.31 Å². The summed E-state index contributed by atoms with van der Waals surface area (Å²) < 4.78 is 34.1. The Morgan fingerprint density at radius 3 is 2.45 bits per heavy atom. The van der Waals surface area contributed by atoms with Gasteiger partial charge in [0.15, 0.2) is 0 Å². The Morgan fingerprint density at radius 1 is 1.09 bits per heavy atom. The van der Waals surface area contributed by atoms with E-state index in [1.165, 1.54) is 11.4 Å². The van der Waals surface area contributed by atoms with Crippen LogP contribution in [-0.2, 0) is 19.6 Å². The SMILES string of the molecule is C[C@H]1CN([C@@H](C)CO)C(=O)c2cc(NC(=O)CCCCCC(=O)Nc3ccccc3N)ccc2O[C@@H]1CN(C)S(=O)(=O)c1cccs1. The van der Waals surface area contributed by atoms with Crippen LogP contribution in [0.15, 0.2) is 64.2 Å². The number of thiophene rings is 1. The number of nitrogens with zero attached hydrogens (tertiary/aromatic N) is 2. The third-order valence-corrected chi connectivity index (χ3v) is 11.3. The van der Waals surface area contributed by atoms with E-state index in [4.69, 9.17) is 10.5 Å². The summed E-state index contributed by atoms with van der Waals surface area (Å²) >= 11 is 1.13. The molecule has 2 heterocycles. The second-order valence-corrected chi connectivity index (χ2v) is 15.0. The molecule has 1 aliphatic heterocycles. The van der Waals surface area contributed by atoms with Crippen molar-refractivity contribution in [3.8, 4) is 5.75 Å². The monoisotopic (exact) mass is 685 g/mol. The smallest absolute Gasteiger partial charge is 0.258 e. The summed E-state index contributed by atoms with van der Waals surface area (Å²) in [5.74, 6) is -0.755. The number of likely N-dealkylation sites (N-methyl/N-ethyl adjacent to an activating group) is 1. The highest BCUT2D eigenvalue weighted by atomic mass is 32.2. The first-order valence-electron chi connectivity index (χ1n) is 15.6. The van der Waals surface area contributed by atoms with Gasteiger partial charge in [0.25, 0.3) is 15.9 Å². The van der Waals surface area contributed by atoms with E-state index < -0.39 is 22.2 Å². The summed E-state index contributed by atoms with van der Waals surface area (Å²) in [4.78, 5) is 40.3. The zero-order chi connectivity index (χ0) is 34.1. The molecule has 0 saturated carbocycles. The maximum absolute atomic E-state index is 13.7. The topological polar surface area (TPSA) is 171 Å². The predicted molar refractivity (Wildman–Crippen MR) is 183 cm³/mol. The number of amides is 3. The highest BCUT2D eigenvalue weighted by molar-refractivity contribution is 7.91. The number of ether oxygens (including phenoxy) is 1. The van der Waals surface area contributed by atoms with Crippen molar-refractivity contribution in [3.63, 3.8) is 0 Å². The normalized spacial score (nSPS) is 17.3. The second kappa shape index (κ2) is 16.2. The molecule has 0 fully saturated rings. The summed E-state index contributed by atoms with van der Waals surface area (Å²) in [5.41, 5.74) is 7.55. The quantitative estimate of drug-likeness (QED) is 0.143. The lowest BCUT2D eigenvalue weighted by Gasteiger charge is -2.38. The van der Waals surface area contributed by atoms with Crippen LogP contribution in [0.2, 0.25) is 0 Å². The van der Waals surface area contributed by atoms with Crippen molar-refractivity contribution in [1.82, 2.24) is 9.21 Å². The van der Waals surface area contributed by atoms with Crippen molar-refractivity contribution in [3.05, 3.63) is 65.5 Å². The van der Waals surface area contributed by atoms with E-state index in [-0.39, 0.29) is 65.3 Å². The molecule has 5 N–H and O–H groups in total. The predicted octanol–water partition coefficient (Wildman–Crippen LogP) is 4.40. The Morgan fingerprint density at radius 2 is 1.79 bits per heavy atom. The number of hydrogen-bond acceptors (Lipinski definition) is 9. The van der Waals surface area contributed by atoms with E-state index in [1.54, 1.807) is 71.8 Å². The lowest BCUT2D eigenvalue weighted by Crippen LogP contribution is -2.50. The first-order chi connectivity index (χ1) is 22.4. The molecule has 14 heteroatoms. The van der Waals surface area contributed by atoms with E-state index in [2.05, 4.69) is 10.6 Å². The number of aliphatic hydroxyl groups excluding tert-OH is 1. The number of nitrogen functional groups attached to an aromatic ring is 1. The number of hydrogen-bond donors (Lipinski definition) is 4. The zero-order valence-corrected chi connectivity index (χ0v) is 28.5. The van der Waals surface area contributed by atoms with Crippen LogP contribution in [0.25, 0.3) is 0 Å². The molecule has 4 rings (SSSR count). The number of carbonyl (C=O) groups is 3. The molecular formula is C33H43N5O7S2. The van der Waals surface area contributed by atoms with Gasteiger partial charge in [-0.05, 0) is 61.5 Å². The molecular weight excluding hydrogens is 643 g/mol. The van der Waals surface area contributed by atoms with Crippen LogP contribution in [0, 0.1) is 5.92 Å². The van der Waals surface area contributed by atoms with Gasteiger partial charge in [0.2, 0.25) is 11.8 Å². The number of sulfonamides is 1. The van der Waals surface area contributed by atoms with Gasteiger partial charge >= 0.3 is 0 Å². The molecule has 47 heavy (non-hydrogen) atoms. The molecule has 12 nitrogen and oxygen atoms in total. The summed E-state index contributed by atoms with van der Waals surface area (Å²) in [6, 6.07) is 14.6. The van der Waals surface area contributed by atoms with Crippen LogP contribution in [0.3, 0.4) is 0 Å². The number of rotatable bonds is 14. The molecule has 0 radical (unpaired) electrons. The van der Waals surface area contributed by atoms with E-state index >= 15 is 0 Å². The highest BCUT2D eigenvalue weighted by Crippen LogP contribution is 2.31. The van der Waals surface area contributed by atoms with Crippen molar-refractivity contribution in [2.24, 2.45) is 5.92 Å². The second-order valence-electron chi connectivity index (χ2n) is 11.8. The van der Waals surface area contributed by atoms with Gasteiger partial charge in [-0.1, -0.05) is 31.5 Å². The maximum atomic E-state index is 13.7. The van der Waals surface area contributed by atoms with Crippen molar-refractivity contribution in [2.75, 3.05) is 43.1 Å². The van der Waals surface area contributed by atoms with E-state index in [0.29, 0.717) is 42.7 Å². The van der Waals surface area contributed by atoms with E-state index in [0.717, 1.165) is 11.3 Å². The van der Waals surface area contributed by atoms with Crippen LogP contribution in [0.1, 0.15) is 56.3 Å². The minimum Gasteiger partial charge on any atom is -0.488 e. The summed E-state index contributed by atoms with van der Waals surface area (Å²) in [7, 11) is -2.23. The number of aliphatic hydroxyl groups is 1. The first kappa shape index (κ1) is 35.9. The van der Waals surface area contributed by atoms with Crippen molar-refractivity contribution < 1.29 is 32.6 Å². The van der Waals surface area contributed by atoms with Gasteiger partial charge < -0.3 is 31.1 Å². The number of anilines is 3. The van der Waals surface area contributed by atoms with Crippen molar-refractivity contribution in [2.45, 2.75) is 62.3 Å². The highest BCUT2D eigenvalue weighted by Gasteiger charge is 2.35. The Balaban J connectivity index is 1.39. The van der Waals surface area contributed by atoms with Gasteiger partial charge in [-0.15, -0.1) is 11.3 Å². The minimum atomic E-state index is -3.73. The fourth-order valence-corrected chi connectivity index (χ4v) is 7.61. The molecule has 0 spiro atoms. The molecule has 1 aromatic heterocycles. The number of unbranched alkanes of at least 4 members (excludes halogenated alkanes) is 2. The Hall–Kier alpha value is -3.98. The fraction of sp³-hybridized carbons (Fsp3) is 0.424. The molecule has 0 bridgehead atoms. The fourth-order valence-electron chi connectivity index (χ4n) is 5.23.